The summed E-state index contributed by atoms with van der Waals surface area (Å²) in [5.74, 6) is 0. The zero-order valence-electron chi connectivity index (χ0n) is 10.8. The molecule has 0 aliphatic carbocycles. The van der Waals surface area contributed by atoms with E-state index in [1.807, 2.05) is 35.3 Å². The van der Waals surface area contributed by atoms with Crippen LogP contribution in [0.3, 0.4) is 0 Å². The van der Waals surface area contributed by atoms with Crippen molar-refractivity contribution >= 4 is 5.69 Å². The van der Waals surface area contributed by atoms with Gasteiger partial charge in [0, 0.05) is 24.5 Å². The van der Waals surface area contributed by atoms with E-state index in [2.05, 4.69) is 12.3 Å². The summed E-state index contributed by atoms with van der Waals surface area (Å²) in [6.07, 6.45) is 5.75. The van der Waals surface area contributed by atoms with E-state index in [1.165, 1.54) is 6.07 Å². The van der Waals surface area contributed by atoms with Gasteiger partial charge in [-0.3, -0.25) is 14.8 Å². The molecule has 1 atom stereocenters. The van der Waals surface area contributed by atoms with Crippen LogP contribution in [0.15, 0.2) is 48.8 Å². The Kier molecular flexibility index (Phi) is 4.18. The Morgan fingerprint density at radius 1 is 1.32 bits per heavy atom. The maximum Gasteiger partial charge on any atom is 0.269 e. The Hall–Kier alpha value is -2.30. The molecule has 0 spiro atoms. The van der Waals surface area contributed by atoms with Crippen molar-refractivity contribution in [1.29, 1.82) is 0 Å². The first kappa shape index (κ1) is 13.1. The summed E-state index contributed by atoms with van der Waals surface area (Å²) >= 11 is 0. The lowest BCUT2D eigenvalue weighted by Gasteiger charge is -2.20. The lowest BCUT2D eigenvalue weighted by Crippen LogP contribution is -2.19. The van der Waals surface area contributed by atoms with E-state index in [0.29, 0.717) is 0 Å². The molecule has 1 unspecified atom stereocenters. The zero-order chi connectivity index (χ0) is 13.7. The Morgan fingerprint density at radius 3 is 2.68 bits per heavy atom. The molecule has 0 amide bonds. The average Bonchev–Trinajstić information content (AvgIpc) is 2.91. The molecule has 2 rings (SSSR count). The number of nitrogens with zero attached hydrogens (tertiary/aromatic N) is 2. The van der Waals surface area contributed by atoms with Gasteiger partial charge in [-0.05, 0) is 24.1 Å². The highest BCUT2D eigenvalue weighted by Crippen LogP contribution is 2.23. The van der Waals surface area contributed by atoms with Gasteiger partial charge in [0.15, 0.2) is 0 Å². The Morgan fingerprint density at radius 2 is 2.05 bits per heavy atom. The lowest BCUT2D eigenvalue weighted by atomic mass is 10.0. The minimum absolute atomic E-state index is 0.0669. The Bertz CT molecular complexity index is 537. The fourth-order valence-corrected chi connectivity index (χ4v) is 2.05. The molecule has 1 aromatic carbocycles. The molecule has 5 heteroatoms. The number of hydrogen-bond acceptors (Lipinski definition) is 3. The fraction of sp³-hybridized carbons (Fsp3) is 0.286. The molecule has 0 aliphatic heterocycles. The summed E-state index contributed by atoms with van der Waals surface area (Å²) < 4.78 is 1.87. The molecule has 19 heavy (non-hydrogen) atoms. The molecular formula is C14H17N3O2. The minimum Gasteiger partial charge on any atom is -0.319 e. The summed E-state index contributed by atoms with van der Waals surface area (Å²) in [7, 11) is 0. The largest absolute Gasteiger partial charge is 0.319 e. The second-order valence-electron chi connectivity index (χ2n) is 4.41. The van der Waals surface area contributed by atoms with E-state index in [0.717, 1.165) is 18.4 Å². The average molecular weight is 259 g/mol. The first-order valence-electron chi connectivity index (χ1n) is 6.34. The molecule has 0 radical (unpaired) electrons. The van der Waals surface area contributed by atoms with Gasteiger partial charge in [0.2, 0.25) is 0 Å². The predicted octanol–water partition coefficient (Wildman–Crippen LogP) is 3.48. The van der Waals surface area contributed by atoms with Crippen molar-refractivity contribution in [2.75, 3.05) is 5.43 Å². The van der Waals surface area contributed by atoms with E-state index < -0.39 is 0 Å². The molecule has 100 valence electrons. The van der Waals surface area contributed by atoms with Crippen LogP contribution in [-0.2, 0) is 0 Å². The predicted molar refractivity (Wildman–Crippen MR) is 74.5 cm³/mol. The summed E-state index contributed by atoms with van der Waals surface area (Å²) in [6.45, 7) is 2.10. The molecule has 0 aliphatic rings. The summed E-state index contributed by atoms with van der Waals surface area (Å²) in [6, 6.07) is 10.7. The van der Waals surface area contributed by atoms with E-state index in [1.54, 1.807) is 12.1 Å². The van der Waals surface area contributed by atoms with E-state index >= 15 is 0 Å². The quantitative estimate of drug-likeness (QED) is 0.638. The molecule has 0 fully saturated rings. The first-order valence-corrected chi connectivity index (χ1v) is 6.34. The Balaban J connectivity index is 2.22. The van der Waals surface area contributed by atoms with Crippen molar-refractivity contribution in [3.8, 4) is 0 Å². The second-order valence-corrected chi connectivity index (χ2v) is 4.41. The standard InChI is InChI=1S/C14H17N3O2/c1-2-6-14(15-16-9-3-4-10-16)12-7-5-8-13(11-12)17(18)19/h3-5,7-11,14-15H,2,6H2,1H3. The van der Waals surface area contributed by atoms with Crippen molar-refractivity contribution in [3.63, 3.8) is 0 Å². The van der Waals surface area contributed by atoms with Crippen LogP contribution in [0.5, 0.6) is 0 Å². The minimum atomic E-state index is -0.359. The van der Waals surface area contributed by atoms with Gasteiger partial charge in [-0.1, -0.05) is 25.5 Å². The number of non-ortho nitro benzene ring substituents is 1. The van der Waals surface area contributed by atoms with Crippen molar-refractivity contribution in [2.24, 2.45) is 0 Å². The molecule has 0 saturated carbocycles. The molecule has 0 saturated heterocycles. The highest BCUT2D eigenvalue weighted by Gasteiger charge is 2.14. The second kappa shape index (κ2) is 6.04. The number of rotatable bonds is 6. The summed E-state index contributed by atoms with van der Waals surface area (Å²) in [4.78, 5) is 10.5. The number of hydrogen-bond donors (Lipinski definition) is 1. The van der Waals surface area contributed by atoms with Crippen molar-refractivity contribution < 1.29 is 4.92 Å². The van der Waals surface area contributed by atoms with Crippen LogP contribution in [0.25, 0.3) is 0 Å². The van der Waals surface area contributed by atoms with Gasteiger partial charge in [0.1, 0.15) is 0 Å². The lowest BCUT2D eigenvalue weighted by molar-refractivity contribution is -0.384. The first-order chi connectivity index (χ1) is 9.20. The zero-order valence-corrected chi connectivity index (χ0v) is 10.8. The van der Waals surface area contributed by atoms with Crippen LogP contribution in [0.2, 0.25) is 0 Å². The molecule has 1 heterocycles. The van der Waals surface area contributed by atoms with Gasteiger partial charge in [0.05, 0.1) is 11.0 Å². The number of benzene rings is 1. The van der Waals surface area contributed by atoms with Crippen molar-refractivity contribution in [3.05, 3.63) is 64.5 Å². The normalized spacial score (nSPS) is 12.1. The van der Waals surface area contributed by atoms with Gasteiger partial charge in [-0.25, -0.2) is 0 Å². The van der Waals surface area contributed by atoms with Gasteiger partial charge in [-0.15, -0.1) is 0 Å². The van der Waals surface area contributed by atoms with E-state index in [4.69, 9.17) is 0 Å². The van der Waals surface area contributed by atoms with Gasteiger partial charge >= 0.3 is 0 Å². The van der Waals surface area contributed by atoms with Gasteiger partial charge in [-0.2, -0.15) is 0 Å². The number of nitro benzene ring substituents is 1. The Labute approximate surface area is 112 Å². The number of nitro groups is 1. The molecule has 1 N–H and O–H groups in total. The van der Waals surface area contributed by atoms with Crippen molar-refractivity contribution in [1.82, 2.24) is 4.68 Å². The van der Waals surface area contributed by atoms with Crippen LogP contribution in [0.4, 0.5) is 5.69 Å². The molecule has 2 aromatic rings. The van der Waals surface area contributed by atoms with Gasteiger partial charge < -0.3 is 5.43 Å². The van der Waals surface area contributed by atoms with Crippen LogP contribution in [0, 0.1) is 10.1 Å². The fourth-order valence-electron chi connectivity index (χ4n) is 2.05. The maximum absolute atomic E-state index is 10.8. The van der Waals surface area contributed by atoms with Crippen LogP contribution >= 0.6 is 0 Å². The SMILES string of the molecule is CCCC(Nn1cccc1)c1cccc([N+](=O)[O-])c1. The molecule has 1 aromatic heterocycles. The van der Waals surface area contributed by atoms with Gasteiger partial charge in [0.25, 0.3) is 5.69 Å². The smallest absolute Gasteiger partial charge is 0.269 e. The highest BCUT2D eigenvalue weighted by atomic mass is 16.6. The topological polar surface area (TPSA) is 60.1 Å². The summed E-state index contributed by atoms with van der Waals surface area (Å²) in [5.41, 5.74) is 4.40. The van der Waals surface area contributed by atoms with Crippen LogP contribution in [0.1, 0.15) is 31.4 Å². The molecule has 0 bridgehead atoms. The monoisotopic (exact) mass is 259 g/mol. The maximum atomic E-state index is 10.8. The van der Waals surface area contributed by atoms with E-state index in [9.17, 15) is 10.1 Å². The third-order valence-electron chi connectivity index (χ3n) is 2.97. The van der Waals surface area contributed by atoms with E-state index in [-0.39, 0.29) is 16.7 Å². The highest BCUT2D eigenvalue weighted by molar-refractivity contribution is 5.36. The van der Waals surface area contributed by atoms with Crippen LogP contribution < -0.4 is 5.43 Å². The number of nitrogens with one attached hydrogen (secondary N) is 1. The van der Waals surface area contributed by atoms with Crippen molar-refractivity contribution in [2.45, 2.75) is 25.8 Å². The third kappa shape index (κ3) is 3.34. The molecule has 5 nitrogen and oxygen atoms in total. The third-order valence-corrected chi connectivity index (χ3v) is 2.97. The summed E-state index contributed by atoms with van der Waals surface area (Å²) in [5, 5.41) is 10.8. The van der Waals surface area contributed by atoms with Crippen LogP contribution in [-0.4, -0.2) is 9.60 Å². The number of aromatic nitrogens is 1. The molecular weight excluding hydrogens is 242 g/mol.